The molecule has 2 atom stereocenters. The highest BCUT2D eigenvalue weighted by Crippen LogP contribution is 2.28. The van der Waals surface area contributed by atoms with Crippen molar-refractivity contribution in [3.63, 3.8) is 0 Å². The van der Waals surface area contributed by atoms with Gasteiger partial charge in [0.1, 0.15) is 5.69 Å². The fourth-order valence-corrected chi connectivity index (χ4v) is 2.19. The van der Waals surface area contributed by atoms with Crippen LogP contribution < -0.4 is 0 Å². The van der Waals surface area contributed by atoms with E-state index in [9.17, 15) is 4.79 Å². The van der Waals surface area contributed by atoms with Crippen LogP contribution in [0.15, 0.2) is 24.4 Å². The van der Waals surface area contributed by atoms with Crippen molar-refractivity contribution in [3.8, 4) is 0 Å². The van der Waals surface area contributed by atoms with Crippen molar-refractivity contribution in [1.29, 1.82) is 0 Å². The fraction of sp³-hybridized carbons (Fsp3) is 0.500. The number of carbonyl (C=O) groups is 1. The van der Waals surface area contributed by atoms with E-state index < -0.39 is 0 Å². The first kappa shape index (κ1) is 10.1. The van der Waals surface area contributed by atoms with Gasteiger partial charge in [-0.1, -0.05) is 13.0 Å². The van der Waals surface area contributed by atoms with Gasteiger partial charge in [-0.15, -0.1) is 0 Å². The van der Waals surface area contributed by atoms with Crippen molar-refractivity contribution in [2.24, 2.45) is 0 Å². The molecule has 1 saturated heterocycles. The molecule has 3 nitrogen and oxygen atoms in total. The van der Waals surface area contributed by atoms with E-state index in [1.807, 2.05) is 17.0 Å². The van der Waals surface area contributed by atoms with Crippen LogP contribution in [-0.2, 0) is 0 Å². The van der Waals surface area contributed by atoms with Gasteiger partial charge in [0, 0.05) is 18.3 Å². The molecule has 1 aromatic rings. The molecule has 1 aliphatic heterocycles. The molecule has 0 saturated carbocycles. The Morgan fingerprint density at radius 3 is 2.93 bits per heavy atom. The number of aromatic nitrogens is 1. The third kappa shape index (κ3) is 1.74. The summed E-state index contributed by atoms with van der Waals surface area (Å²) in [7, 11) is 0. The lowest BCUT2D eigenvalue weighted by atomic mass is 9.91. The molecule has 0 radical (unpaired) electrons. The van der Waals surface area contributed by atoms with E-state index in [-0.39, 0.29) is 5.91 Å². The second kappa shape index (κ2) is 4.01. The molecule has 0 N–H and O–H groups in total. The van der Waals surface area contributed by atoms with Crippen LogP contribution in [0.1, 0.15) is 37.2 Å². The van der Waals surface area contributed by atoms with Gasteiger partial charge in [-0.3, -0.25) is 9.78 Å². The van der Waals surface area contributed by atoms with Crippen molar-refractivity contribution in [2.45, 2.75) is 38.8 Å². The summed E-state index contributed by atoms with van der Waals surface area (Å²) in [6.45, 7) is 4.21. The molecule has 1 aliphatic rings. The highest BCUT2D eigenvalue weighted by Gasteiger charge is 2.38. The average Bonchev–Trinajstić information content (AvgIpc) is 2.26. The molecule has 0 bridgehead atoms. The molecule has 15 heavy (non-hydrogen) atoms. The molecule has 2 rings (SSSR count). The Morgan fingerprint density at radius 1 is 1.60 bits per heavy atom. The zero-order valence-corrected chi connectivity index (χ0v) is 9.18. The van der Waals surface area contributed by atoms with Gasteiger partial charge in [0.25, 0.3) is 5.91 Å². The first-order valence-corrected chi connectivity index (χ1v) is 5.47. The van der Waals surface area contributed by atoms with Gasteiger partial charge in [-0.2, -0.15) is 0 Å². The molecule has 0 unspecified atom stereocenters. The fourth-order valence-electron chi connectivity index (χ4n) is 2.19. The van der Waals surface area contributed by atoms with E-state index in [4.69, 9.17) is 0 Å². The molecule has 3 heteroatoms. The Bertz CT molecular complexity index is 350. The number of likely N-dealkylation sites (tertiary alicyclic amines) is 1. The maximum atomic E-state index is 12.1. The van der Waals surface area contributed by atoms with Gasteiger partial charge in [0.2, 0.25) is 0 Å². The lowest BCUT2D eigenvalue weighted by Crippen LogP contribution is -2.57. The van der Waals surface area contributed by atoms with Crippen molar-refractivity contribution >= 4 is 5.91 Å². The summed E-state index contributed by atoms with van der Waals surface area (Å²) in [6, 6.07) is 6.23. The van der Waals surface area contributed by atoms with Gasteiger partial charge < -0.3 is 4.90 Å². The Morgan fingerprint density at radius 2 is 2.40 bits per heavy atom. The quantitative estimate of drug-likeness (QED) is 0.739. The zero-order chi connectivity index (χ0) is 10.8. The first-order valence-electron chi connectivity index (χ1n) is 5.47. The Labute approximate surface area is 90.1 Å². The van der Waals surface area contributed by atoms with E-state index in [2.05, 4.69) is 18.8 Å². The molecule has 2 heterocycles. The van der Waals surface area contributed by atoms with Crippen LogP contribution >= 0.6 is 0 Å². The summed E-state index contributed by atoms with van der Waals surface area (Å²) in [5, 5.41) is 0. The minimum Gasteiger partial charge on any atom is -0.331 e. The maximum absolute atomic E-state index is 12.1. The van der Waals surface area contributed by atoms with Crippen molar-refractivity contribution in [3.05, 3.63) is 30.1 Å². The molecule has 1 aromatic heterocycles. The van der Waals surface area contributed by atoms with Crippen LogP contribution in [0.25, 0.3) is 0 Å². The van der Waals surface area contributed by atoms with Gasteiger partial charge in [-0.05, 0) is 31.9 Å². The number of carbonyl (C=O) groups excluding carboxylic acids is 1. The molecule has 0 aliphatic carbocycles. The normalized spacial score (nSPS) is 24.8. The third-order valence-electron chi connectivity index (χ3n) is 3.07. The van der Waals surface area contributed by atoms with Gasteiger partial charge in [-0.25, -0.2) is 0 Å². The Kier molecular flexibility index (Phi) is 2.71. The summed E-state index contributed by atoms with van der Waals surface area (Å²) in [5.74, 6) is 0.0706. The SMILES string of the molecule is CC[C@H]1C[C@@H](C)N1C(=O)c1ccccn1. The van der Waals surface area contributed by atoms with Crippen molar-refractivity contribution in [2.75, 3.05) is 0 Å². The second-order valence-corrected chi connectivity index (χ2v) is 4.07. The topological polar surface area (TPSA) is 33.2 Å². The number of hydrogen-bond acceptors (Lipinski definition) is 2. The van der Waals surface area contributed by atoms with Gasteiger partial charge >= 0.3 is 0 Å². The molecule has 0 spiro atoms. The van der Waals surface area contributed by atoms with E-state index in [1.165, 1.54) is 0 Å². The van der Waals surface area contributed by atoms with Crippen LogP contribution in [0.4, 0.5) is 0 Å². The monoisotopic (exact) mass is 204 g/mol. The Balaban J connectivity index is 2.14. The predicted molar refractivity (Wildman–Crippen MR) is 58.6 cm³/mol. The number of pyridine rings is 1. The number of nitrogens with zero attached hydrogens (tertiary/aromatic N) is 2. The lowest BCUT2D eigenvalue weighted by Gasteiger charge is -2.46. The highest BCUT2D eigenvalue weighted by atomic mass is 16.2. The minimum absolute atomic E-state index is 0.0706. The molecule has 80 valence electrons. The maximum Gasteiger partial charge on any atom is 0.272 e. The first-order chi connectivity index (χ1) is 7.24. The van der Waals surface area contributed by atoms with Gasteiger partial charge in [0.05, 0.1) is 0 Å². The number of amides is 1. The molecular formula is C12H16N2O. The predicted octanol–water partition coefficient (Wildman–Crippen LogP) is 2.09. The second-order valence-electron chi connectivity index (χ2n) is 4.07. The van der Waals surface area contributed by atoms with Crippen molar-refractivity contribution in [1.82, 2.24) is 9.88 Å². The van der Waals surface area contributed by atoms with Crippen LogP contribution in [0.2, 0.25) is 0 Å². The third-order valence-corrected chi connectivity index (χ3v) is 3.07. The summed E-state index contributed by atoms with van der Waals surface area (Å²) < 4.78 is 0. The standard InChI is InChI=1S/C12H16N2O/c1-3-10-8-9(2)14(10)12(15)11-6-4-5-7-13-11/h4-7,9-10H,3,8H2,1-2H3/t9-,10+/m1/s1. The number of rotatable bonds is 2. The zero-order valence-electron chi connectivity index (χ0n) is 9.18. The molecule has 0 aromatic carbocycles. The van der Waals surface area contributed by atoms with Crippen LogP contribution in [0.5, 0.6) is 0 Å². The summed E-state index contributed by atoms with van der Waals surface area (Å²) in [4.78, 5) is 18.1. The summed E-state index contributed by atoms with van der Waals surface area (Å²) in [6.07, 6.45) is 3.82. The summed E-state index contributed by atoms with van der Waals surface area (Å²) in [5.41, 5.74) is 0.558. The smallest absolute Gasteiger partial charge is 0.272 e. The minimum atomic E-state index is 0.0706. The number of hydrogen-bond donors (Lipinski definition) is 0. The molecule has 1 amide bonds. The molecular weight excluding hydrogens is 188 g/mol. The van der Waals surface area contributed by atoms with Crippen LogP contribution in [0.3, 0.4) is 0 Å². The highest BCUT2D eigenvalue weighted by molar-refractivity contribution is 5.93. The van der Waals surface area contributed by atoms with Crippen molar-refractivity contribution < 1.29 is 4.79 Å². The van der Waals surface area contributed by atoms with E-state index in [0.29, 0.717) is 17.8 Å². The average molecular weight is 204 g/mol. The lowest BCUT2D eigenvalue weighted by molar-refractivity contribution is 0.0193. The summed E-state index contributed by atoms with van der Waals surface area (Å²) >= 11 is 0. The van der Waals surface area contributed by atoms with Gasteiger partial charge in [0.15, 0.2) is 0 Å². The van der Waals surface area contributed by atoms with Crippen LogP contribution in [-0.4, -0.2) is 27.9 Å². The van der Waals surface area contributed by atoms with E-state index in [0.717, 1.165) is 12.8 Å². The van der Waals surface area contributed by atoms with E-state index >= 15 is 0 Å². The van der Waals surface area contributed by atoms with E-state index in [1.54, 1.807) is 12.3 Å². The molecule has 1 fully saturated rings. The van der Waals surface area contributed by atoms with Crippen LogP contribution in [0, 0.1) is 0 Å². The largest absolute Gasteiger partial charge is 0.331 e. The Hall–Kier alpha value is -1.38.